The number of carboxylic acids is 1. The lowest BCUT2D eigenvalue weighted by Crippen LogP contribution is -2.41. The van der Waals surface area contributed by atoms with Crippen LogP contribution in [0.25, 0.3) is 0 Å². The second-order valence-corrected chi connectivity index (χ2v) is 5.18. The molecule has 20 heavy (non-hydrogen) atoms. The molecule has 2 N–H and O–H groups in total. The van der Waals surface area contributed by atoms with E-state index in [2.05, 4.69) is 5.32 Å². The molecular weight excluding hydrogens is 254 g/mol. The van der Waals surface area contributed by atoms with Crippen LogP contribution in [0.3, 0.4) is 0 Å². The fourth-order valence-corrected chi connectivity index (χ4v) is 2.46. The highest BCUT2D eigenvalue weighted by Crippen LogP contribution is 2.35. The zero-order valence-corrected chi connectivity index (χ0v) is 11.0. The Kier molecular flexibility index (Phi) is 3.56. The molecule has 1 aliphatic carbocycles. The summed E-state index contributed by atoms with van der Waals surface area (Å²) in [6.45, 7) is 0. The molecule has 0 amide bonds. The maximum absolute atomic E-state index is 11.4. The van der Waals surface area contributed by atoms with E-state index in [1.165, 1.54) is 0 Å². The Morgan fingerprint density at radius 2 is 1.95 bits per heavy atom. The zero-order chi connectivity index (χ0) is 13.9. The summed E-state index contributed by atoms with van der Waals surface area (Å²) < 4.78 is 5.48. The average Bonchev–Trinajstić information content (AvgIpc) is 3.14. The molecule has 104 valence electrons. The van der Waals surface area contributed by atoms with Gasteiger partial charge in [-0.1, -0.05) is 30.3 Å². The fourth-order valence-electron chi connectivity index (χ4n) is 2.46. The summed E-state index contributed by atoms with van der Waals surface area (Å²) >= 11 is 0. The van der Waals surface area contributed by atoms with Crippen LogP contribution in [0.5, 0.6) is 0 Å². The normalized spacial score (nSPS) is 17.6. The third-order valence-corrected chi connectivity index (χ3v) is 3.67. The van der Waals surface area contributed by atoms with Crippen LogP contribution in [0.2, 0.25) is 0 Å². The van der Waals surface area contributed by atoms with Crippen LogP contribution in [-0.4, -0.2) is 17.1 Å². The van der Waals surface area contributed by atoms with E-state index in [-0.39, 0.29) is 12.0 Å². The Labute approximate surface area is 117 Å². The maximum atomic E-state index is 11.4. The van der Waals surface area contributed by atoms with Crippen molar-refractivity contribution in [2.24, 2.45) is 5.92 Å². The molecule has 2 atom stereocenters. The van der Waals surface area contributed by atoms with Crippen molar-refractivity contribution in [2.45, 2.75) is 24.9 Å². The number of rotatable bonds is 6. The van der Waals surface area contributed by atoms with Crippen LogP contribution >= 0.6 is 0 Å². The van der Waals surface area contributed by atoms with Gasteiger partial charge in [-0.15, -0.1) is 0 Å². The number of carboxylic acid groups (broad SMARTS) is 1. The Balaban J connectivity index is 1.88. The Hall–Kier alpha value is -2.07. The zero-order valence-electron chi connectivity index (χ0n) is 11.0. The number of benzene rings is 1. The molecule has 0 radical (unpaired) electrons. The Morgan fingerprint density at radius 1 is 1.20 bits per heavy atom. The molecule has 0 aliphatic heterocycles. The van der Waals surface area contributed by atoms with E-state index in [1.54, 1.807) is 6.26 Å². The summed E-state index contributed by atoms with van der Waals surface area (Å²) in [4.78, 5) is 11.4. The van der Waals surface area contributed by atoms with E-state index in [4.69, 9.17) is 4.42 Å². The topological polar surface area (TPSA) is 62.5 Å². The molecule has 4 heteroatoms. The van der Waals surface area contributed by atoms with Crippen LogP contribution in [0, 0.1) is 5.92 Å². The second-order valence-electron chi connectivity index (χ2n) is 5.18. The first-order valence-electron chi connectivity index (χ1n) is 6.83. The molecule has 3 rings (SSSR count). The van der Waals surface area contributed by atoms with Crippen molar-refractivity contribution in [3.8, 4) is 0 Å². The lowest BCUT2D eigenvalue weighted by atomic mass is 10.0. The quantitative estimate of drug-likeness (QED) is 0.848. The smallest absolute Gasteiger partial charge is 0.321 e. The van der Waals surface area contributed by atoms with Gasteiger partial charge in [-0.2, -0.15) is 0 Å². The predicted octanol–water partition coefficient (Wildman–Crippen LogP) is 2.82. The number of hydrogen-bond acceptors (Lipinski definition) is 3. The van der Waals surface area contributed by atoms with Gasteiger partial charge in [0.25, 0.3) is 0 Å². The van der Waals surface area contributed by atoms with Gasteiger partial charge in [0.05, 0.1) is 12.3 Å². The molecule has 1 fully saturated rings. The molecule has 2 aromatic rings. The molecule has 1 saturated carbocycles. The molecule has 4 nitrogen and oxygen atoms in total. The summed E-state index contributed by atoms with van der Waals surface area (Å²) in [5.41, 5.74) is 1.01. The average molecular weight is 271 g/mol. The molecule has 0 bridgehead atoms. The van der Waals surface area contributed by atoms with Gasteiger partial charge >= 0.3 is 5.97 Å². The molecular formula is C16H17NO3. The maximum Gasteiger partial charge on any atom is 0.321 e. The van der Waals surface area contributed by atoms with Gasteiger partial charge in [-0.05, 0) is 36.5 Å². The third kappa shape index (κ3) is 2.75. The Bertz CT molecular complexity index is 561. The van der Waals surface area contributed by atoms with Crippen LogP contribution < -0.4 is 5.32 Å². The van der Waals surface area contributed by atoms with Gasteiger partial charge in [0.1, 0.15) is 11.8 Å². The van der Waals surface area contributed by atoms with Crippen molar-refractivity contribution in [1.29, 1.82) is 0 Å². The molecule has 0 spiro atoms. The van der Waals surface area contributed by atoms with Crippen LogP contribution in [0.4, 0.5) is 0 Å². The van der Waals surface area contributed by atoms with E-state index in [0.29, 0.717) is 0 Å². The molecule has 1 aromatic carbocycles. The highest BCUT2D eigenvalue weighted by atomic mass is 16.4. The highest BCUT2D eigenvalue weighted by Gasteiger charge is 2.38. The summed E-state index contributed by atoms with van der Waals surface area (Å²) in [6, 6.07) is 12.7. The SMILES string of the molecule is O=C(O)C(NC(c1ccccc1)c1ccco1)C1CC1. The minimum Gasteiger partial charge on any atom is -0.480 e. The first-order valence-corrected chi connectivity index (χ1v) is 6.83. The number of aliphatic carboxylic acids is 1. The summed E-state index contributed by atoms with van der Waals surface area (Å²) in [5, 5.41) is 12.6. The lowest BCUT2D eigenvalue weighted by molar-refractivity contribution is -0.140. The van der Waals surface area contributed by atoms with Crippen LogP contribution in [-0.2, 0) is 4.79 Å². The van der Waals surface area contributed by atoms with Gasteiger partial charge < -0.3 is 9.52 Å². The van der Waals surface area contributed by atoms with E-state index >= 15 is 0 Å². The molecule has 1 aliphatic rings. The lowest BCUT2D eigenvalue weighted by Gasteiger charge is -2.22. The minimum absolute atomic E-state index is 0.229. The summed E-state index contributed by atoms with van der Waals surface area (Å²) in [7, 11) is 0. The molecule has 1 aromatic heterocycles. The van der Waals surface area contributed by atoms with Gasteiger partial charge in [0.15, 0.2) is 0 Å². The highest BCUT2D eigenvalue weighted by molar-refractivity contribution is 5.74. The predicted molar refractivity (Wildman–Crippen MR) is 74.3 cm³/mol. The second kappa shape index (κ2) is 5.51. The van der Waals surface area contributed by atoms with Crippen molar-refractivity contribution < 1.29 is 14.3 Å². The van der Waals surface area contributed by atoms with Gasteiger partial charge in [-0.25, -0.2) is 0 Å². The monoisotopic (exact) mass is 271 g/mol. The van der Waals surface area contributed by atoms with Gasteiger partial charge in [0, 0.05) is 0 Å². The standard InChI is InChI=1S/C16H17NO3/c18-16(19)15(12-8-9-12)17-14(13-7-4-10-20-13)11-5-2-1-3-6-11/h1-7,10,12,14-15,17H,8-9H2,(H,18,19). The van der Waals surface area contributed by atoms with E-state index in [9.17, 15) is 9.90 Å². The number of nitrogens with one attached hydrogen (secondary N) is 1. The Morgan fingerprint density at radius 3 is 2.50 bits per heavy atom. The van der Waals surface area contributed by atoms with Crippen molar-refractivity contribution >= 4 is 5.97 Å². The van der Waals surface area contributed by atoms with Crippen molar-refractivity contribution in [2.75, 3.05) is 0 Å². The van der Waals surface area contributed by atoms with Crippen LogP contribution in [0.15, 0.2) is 53.1 Å². The largest absolute Gasteiger partial charge is 0.480 e. The third-order valence-electron chi connectivity index (χ3n) is 3.67. The summed E-state index contributed by atoms with van der Waals surface area (Å²) in [5.74, 6) is 0.178. The first-order chi connectivity index (χ1) is 9.75. The van der Waals surface area contributed by atoms with Gasteiger partial charge in [-0.3, -0.25) is 10.1 Å². The van der Waals surface area contributed by atoms with E-state index in [1.807, 2.05) is 42.5 Å². The van der Waals surface area contributed by atoms with E-state index < -0.39 is 12.0 Å². The van der Waals surface area contributed by atoms with E-state index in [0.717, 1.165) is 24.2 Å². The number of hydrogen-bond donors (Lipinski definition) is 2. The first kappa shape index (κ1) is 12.9. The molecule has 1 heterocycles. The van der Waals surface area contributed by atoms with Crippen molar-refractivity contribution in [3.63, 3.8) is 0 Å². The molecule has 2 unspecified atom stereocenters. The van der Waals surface area contributed by atoms with Crippen molar-refractivity contribution in [3.05, 3.63) is 60.1 Å². The minimum atomic E-state index is -0.792. The number of carbonyl (C=O) groups is 1. The molecule has 0 saturated heterocycles. The fraction of sp³-hybridized carbons (Fsp3) is 0.312. The van der Waals surface area contributed by atoms with Crippen molar-refractivity contribution in [1.82, 2.24) is 5.32 Å². The summed E-state index contributed by atoms with van der Waals surface area (Å²) in [6.07, 6.45) is 3.56. The number of furan rings is 1. The van der Waals surface area contributed by atoms with Crippen LogP contribution in [0.1, 0.15) is 30.2 Å². The van der Waals surface area contributed by atoms with Gasteiger partial charge in [0.2, 0.25) is 0 Å².